The minimum Gasteiger partial charge on any atom is -0.493 e. The summed E-state index contributed by atoms with van der Waals surface area (Å²) in [7, 11) is -1.55. The van der Waals surface area contributed by atoms with E-state index in [2.05, 4.69) is 0 Å². The Labute approximate surface area is 181 Å². The number of likely N-dealkylation sites (N-methyl/N-ethyl adjacent to an activating group) is 1. The quantitative estimate of drug-likeness (QED) is 0.571. The van der Waals surface area contributed by atoms with Crippen molar-refractivity contribution in [2.75, 3.05) is 39.7 Å². The van der Waals surface area contributed by atoms with Gasteiger partial charge in [-0.1, -0.05) is 17.7 Å². The van der Waals surface area contributed by atoms with Crippen LogP contribution in [0.2, 0.25) is 5.02 Å². The maximum atomic E-state index is 12.5. The van der Waals surface area contributed by atoms with Crippen LogP contribution in [0, 0.1) is 0 Å². The lowest BCUT2D eigenvalue weighted by Crippen LogP contribution is -2.30. The van der Waals surface area contributed by atoms with Crippen LogP contribution in [0.3, 0.4) is 0 Å². The molecule has 0 saturated heterocycles. The maximum absolute atomic E-state index is 12.5. The van der Waals surface area contributed by atoms with Gasteiger partial charge in [-0.15, -0.1) is 0 Å². The summed E-state index contributed by atoms with van der Waals surface area (Å²) in [6.45, 7) is 1.77. The van der Waals surface area contributed by atoms with Crippen LogP contribution in [0.1, 0.15) is 12.0 Å². The summed E-state index contributed by atoms with van der Waals surface area (Å²) in [6, 6.07) is 9.87. The molecule has 162 valence electrons. The van der Waals surface area contributed by atoms with Crippen molar-refractivity contribution < 1.29 is 27.4 Å². The minimum absolute atomic E-state index is 0.0539. The summed E-state index contributed by atoms with van der Waals surface area (Å²) in [5, 5.41) is 0.433. The van der Waals surface area contributed by atoms with Crippen LogP contribution in [-0.4, -0.2) is 58.9 Å². The van der Waals surface area contributed by atoms with Gasteiger partial charge in [0.25, 0.3) is 0 Å². The topological polar surface area (TPSA) is 82.1 Å². The predicted molar refractivity (Wildman–Crippen MR) is 113 cm³/mol. The molecule has 0 unspecified atom stereocenters. The molecule has 1 aliphatic heterocycles. The molecule has 1 amide bonds. The van der Waals surface area contributed by atoms with Crippen LogP contribution < -0.4 is 14.2 Å². The number of benzene rings is 2. The lowest BCUT2D eigenvalue weighted by Gasteiger charge is -2.21. The van der Waals surface area contributed by atoms with Crippen molar-refractivity contribution in [3.8, 4) is 17.2 Å². The second-order valence-electron chi connectivity index (χ2n) is 7.04. The molecule has 3 rings (SSSR count). The molecule has 0 bridgehead atoms. The second kappa shape index (κ2) is 9.57. The number of carbonyl (C=O) groups is 1. The van der Waals surface area contributed by atoms with Gasteiger partial charge in [-0.2, -0.15) is 0 Å². The molecule has 7 nitrogen and oxygen atoms in total. The Hall–Kier alpha value is -2.45. The van der Waals surface area contributed by atoms with Gasteiger partial charge < -0.3 is 19.1 Å². The molecular formula is C21H24ClNO6S. The van der Waals surface area contributed by atoms with Crippen LogP contribution in [-0.2, 0) is 21.1 Å². The Morgan fingerprint density at radius 2 is 1.97 bits per heavy atom. The summed E-state index contributed by atoms with van der Waals surface area (Å²) in [5.41, 5.74) is 0.759. The molecule has 0 atom stereocenters. The van der Waals surface area contributed by atoms with Crippen LogP contribution >= 0.6 is 11.6 Å². The fraction of sp³-hybridized carbons (Fsp3) is 0.381. The van der Waals surface area contributed by atoms with Gasteiger partial charge in [0.15, 0.2) is 21.3 Å². The Bertz CT molecular complexity index is 1020. The molecule has 0 aliphatic carbocycles. The van der Waals surface area contributed by atoms with Gasteiger partial charge in [0.1, 0.15) is 19.0 Å². The monoisotopic (exact) mass is 453 g/mol. The molecule has 0 spiro atoms. The van der Waals surface area contributed by atoms with Gasteiger partial charge in [0, 0.05) is 19.8 Å². The molecule has 1 heterocycles. The largest absolute Gasteiger partial charge is 0.493 e. The lowest BCUT2D eigenvalue weighted by atomic mass is 10.1. The fourth-order valence-corrected chi connectivity index (χ4v) is 3.93. The van der Waals surface area contributed by atoms with E-state index in [4.69, 9.17) is 25.8 Å². The first kappa shape index (κ1) is 22.2. The van der Waals surface area contributed by atoms with E-state index < -0.39 is 9.84 Å². The standard InChI is InChI=1S/C21H24ClNO6S/c1-23(7-4-8-27-16-5-3-6-17(14-16)30(2,25)26)20(24)13-15-11-18(22)21-19(12-15)28-9-10-29-21/h3,5-6,11-12,14H,4,7-10,13H2,1-2H3. The van der Waals surface area contributed by atoms with Gasteiger partial charge in [-0.25, -0.2) is 8.42 Å². The third-order valence-corrected chi connectivity index (χ3v) is 5.97. The molecule has 1 aliphatic rings. The number of carbonyl (C=O) groups excluding carboxylic acids is 1. The van der Waals surface area contributed by atoms with Crippen molar-refractivity contribution in [1.29, 1.82) is 0 Å². The van der Waals surface area contributed by atoms with Crippen molar-refractivity contribution in [2.45, 2.75) is 17.7 Å². The number of halogens is 1. The van der Waals surface area contributed by atoms with Gasteiger partial charge >= 0.3 is 0 Å². The van der Waals surface area contributed by atoms with Crippen molar-refractivity contribution in [3.05, 3.63) is 47.0 Å². The molecule has 2 aromatic rings. The number of rotatable bonds is 8. The van der Waals surface area contributed by atoms with Crippen LogP contribution in [0.25, 0.3) is 0 Å². The van der Waals surface area contributed by atoms with Crippen LogP contribution in [0.4, 0.5) is 0 Å². The van der Waals surface area contributed by atoms with E-state index >= 15 is 0 Å². The average molecular weight is 454 g/mol. The van der Waals surface area contributed by atoms with E-state index in [0.29, 0.717) is 55.1 Å². The molecular weight excluding hydrogens is 430 g/mol. The number of fused-ring (bicyclic) bond motifs is 1. The number of hydrogen-bond donors (Lipinski definition) is 0. The molecule has 0 fully saturated rings. The normalized spacial score (nSPS) is 13.0. The zero-order valence-electron chi connectivity index (χ0n) is 16.9. The van der Waals surface area contributed by atoms with Crippen LogP contribution in [0.5, 0.6) is 17.2 Å². The van der Waals surface area contributed by atoms with Crippen molar-refractivity contribution >= 4 is 27.3 Å². The van der Waals surface area contributed by atoms with Gasteiger partial charge in [0.2, 0.25) is 5.91 Å². The highest BCUT2D eigenvalue weighted by atomic mass is 35.5. The first-order valence-electron chi connectivity index (χ1n) is 9.49. The predicted octanol–water partition coefficient (Wildman–Crippen LogP) is 2.98. The van der Waals surface area contributed by atoms with Crippen molar-refractivity contribution in [2.24, 2.45) is 0 Å². The third-order valence-electron chi connectivity index (χ3n) is 4.58. The summed E-state index contributed by atoms with van der Waals surface area (Å²) >= 11 is 6.23. The number of ether oxygens (including phenoxy) is 3. The average Bonchev–Trinajstić information content (AvgIpc) is 2.70. The summed E-state index contributed by atoms with van der Waals surface area (Å²) in [5.74, 6) is 1.51. The number of sulfone groups is 1. The van der Waals surface area contributed by atoms with E-state index in [1.165, 1.54) is 12.1 Å². The molecule has 0 radical (unpaired) electrons. The first-order chi connectivity index (χ1) is 14.2. The summed E-state index contributed by atoms with van der Waals surface area (Å²) < 4.78 is 39.9. The highest BCUT2D eigenvalue weighted by Gasteiger charge is 2.18. The Kier molecular flexibility index (Phi) is 7.10. The fourth-order valence-electron chi connectivity index (χ4n) is 2.99. The number of amides is 1. The smallest absolute Gasteiger partial charge is 0.226 e. The van der Waals surface area contributed by atoms with Gasteiger partial charge in [0.05, 0.1) is 22.9 Å². The Balaban J connectivity index is 1.48. The third kappa shape index (κ3) is 5.79. The first-order valence-corrected chi connectivity index (χ1v) is 11.8. The number of hydrogen-bond acceptors (Lipinski definition) is 6. The minimum atomic E-state index is -3.28. The highest BCUT2D eigenvalue weighted by molar-refractivity contribution is 7.90. The zero-order valence-corrected chi connectivity index (χ0v) is 18.5. The Morgan fingerprint density at radius 3 is 2.73 bits per heavy atom. The summed E-state index contributed by atoms with van der Waals surface area (Å²) in [6.07, 6.45) is 1.96. The van der Waals surface area contributed by atoms with E-state index in [1.807, 2.05) is 0 Å². The zero-order chi connectivity index (χ0) is 21.7. The second-order valence-corrected chi connectivity index (χ2v) is 9.47. The van der Waals surface area contributed by atoms with Crippen molar-refractivity contribution in [3.63, 3.8) is 0 Å². The molecule has 30 heavy (non-hydrogen) atoms. The van der Waals surface area contributed by atoms with Gasteiger partial charge in [-0.3, -0.25) is 4.79 Å². The lowest BCUT2D eigenvalue weighted by molar-refractivity contribution is -0.129. The van der Waals surface area contributed by atoms with E-state index in [0.717, 1.165) is 11.8 Å². The number of nitrogens with zero attached hydrogens (tertiary/aromatic N) is 1. The molecule has 0 saturated carbocycles. The summed E-state index contributed by atoms with van der Waals surface area (Å²) in [4.78, 5) is 14.4. The molecule has 2 aromatic carbocycles. The molecule has 0 N–H and O–H groups in total. The van der Waals surface area contributed by atoms with Crippen molar-refractivity contribution in [1.82, 2.24) is 4.90 Å². The van der Waals surface area contributed by atoms with Crippen LogP contribution in [0.15, 0.2) is 41.3 Å². The Morgan fingerprint density at radius 1 is 1.20 bits per heavy atom. The highest BCUT2D eigenvalue weighted by Crippen LogP contribution is 2.38. The molecule has 0 aromatic heterocycles. The van der Waals surface area contributed by atoms with Gasteiger partial charge in [-0.05, 0) is 42.3 Å². The van der Waals surface area contributed by atoms with E-state index in [9.17, 15) is 13.2 Å². The molecule has 9 heteroatoms. The SMILES string of the molecule is CN(CCCOc1cccc(S(C)(=O)=O)c1)C(=O)Cc1cc(Cl)c2c(c1)OCCO2. The van der Waals surface area contributed by atoms with E-state index in [-0.39, 0.29) is 17.2 Å². The maximum Gasteiger partial charge on any atom is 0.226 e. The van der Waals surface area contributed by atoms with E-state index in [1.54, 1.807) is 36.2 Å².